The van der Waals surface area contributed by atoms with Crippen molar-refractivity contribution in [3.8, 4) is 16.5 Å². The molecule has 2 amide bonds. The van der Waals surface area contributed by atoms with E-state index in [0.717, 1.165) is 17.7 Å². The molecule has 6 rings (SSSR count). The Kier molecular flexibility index (Phi) is 5.61. The van der Waals surface area contributed by atoms with E-state index in [4.69, 9.17) is 15.7 Å². The lowest BCUT2D eigenvalue weighted by atomic mass is 10.2. The van der Waals surface area contributed by atoms with E-state index < -0.39 is 17.6 Å². The first-order valence-electron chi connectivity index (χ1n) is 11.7. The molecule has 5 heterocycles. The molecule has 4 aromatic heterocycles. The molecule has 6 N–H and O–H groups in total. The minimum absolute atomic E-state index is 0.168. The SMILES string of the molecule is NC(=O)C1CN(C(=O)c2ccc(-c3cc(=NC4CC4)n4nc/c(=C/c5[nH]c(=O)[nH]c5O)c4n3)s2)CCN1. The van der Waals surface area contributed by atoms with Crippen LogP contribution < -0.4 is 27.4 Å². The Bertz CT molecular complexity index is 1710. The van der Waals surface area contributed by atoms with Crippen molar-refractivity contribution in [1.82, 2.24) is 34.8 Å². The number of thiophene rings is 1. The Labute approximate surface area is 212 Å². The Morgan fingerprint density at radius 3 is 2.84 bits per heavy atom. The van der Waals surface area contributed by atoms with Crippen molar-refractivity contribution in [2.45, 2.75) is 24.9 Å². The van der Waals surface area contributed by atoms with Gasteiger partial charge in [0.25, 0.3) is 5.91 Å². The third-order valence-electron chi connectivity index (χ3n) is 6.25. The molecule has 4 aromatic rings. The quantitative estimate of drug-likeness (QED) is 0.216. The van der Waals surface area contributed by atoms with Crippen LogP contribution >= 0.6 is 11.3 Å². The van der Waals surface area contributed by atoms with Gasteiger partial charge in [-0.1, -0.05) is 0 Å². The highest BCUT2D eigenvalue weighted by Gasteiger charge is 2.28. The molecule has 1 saturated carbocycles. The summed E-state index contributed by atoms with van der Waals surface area (Å²) in [5.41, 5.74) is 6.83. The molecule has 2 fully saturated rings. The second-order valence-corrected chi connectivity index (χ2v) is 10.1. The number of imidazole rings is 1. The molecule has 1 saturated heterocycles. The van der Waals surface area contributed by atoms with Gasteiger partial charge in [0.05, 0.1) is 27.7 Å². The van der Waals surface area contributed by atoms with Gasteiger partial charge in [-0.25, -0.2) is 9.78 Å². The molecular weight excluding hydrogens is 498 g/mol. The third kappa shape index (κ3) is 4.51. The molecular formula is C23H23N9O4S. The van der Waals surface area contributed by atoms with Gasteiger partial charge in [-0.05, 0) is 31.1 Å². The fourth-order valence-electron chi connectivity index (χ4n) is 4.19. The molecule has 14 heteroatoms. The fourth-order valence-corrected chi connectivity index (χ4v) is 5.13. The first kappa shape index (κ1) is 23.1. The minimum Gasteiger partial charge on any atom is -0.493 e. The number of fused-ring (bicyclic) bond motifs is 1. The number of carbonyl (C=O) groups is 2. The van der Waals surface area contributed by atoms with Gasteiger partial charge in [0.15, 0.2) is 11.1 Å². The van der Waals surface area contributed by atoms with Crippen LogP contribution in [0.5, 0.6) is 5.88 Å². The Hall–Kier alpha value is -4.30. The van der Waals surface area contributed by atoms with Crippen molar-refractivity contribution in [3.05, 3.63) is 56.2 Å². The van der Waals surface area contributed by atoms with Crippen molar-refractivity contribution in [2.24, 2.45) is 10.7 Å². The van der Waals surface area contributed by atoms with Crippen LogP contribution in [0.1, 0.15) is 28.2 Å². The summed E-state index contributed by atoms with van der Waals surface area (Å²) in [6.45, 7) is 1.19. The van der Waals surface area contributed by atoms with E-state index in [-0.39, 0.29) is 30.1 Å². The molecule has 0 aromatic carbocycles. The van der Waals surface area contributed by atoms with Crippen LogP contribution in [0, 0.1) is 0 Å². The molecule has 1 aliphatic heterocycles. The Morgan fingerprint density at radius 1 is 1.27 bits per heavy atom. The van der Waals surface area contributed by atoms with Crippen molar-refractivity contribution in [3.63, 3.8) is 0 Å². The van der Waals surface area contributed by atoms with E-state index in [2.05, 4.69) is 20.4 Å². The van der Waals surface area contributed by atoms with Crippen LogP contribution in [0.25, 0.3) is 22.3 Å². The summed E-state index contributed by atoms with van der Waals surface area (Å²) in [5.74, 6) is -0.936. The molecule has 0 spiro atoms. The molecule has 37 heavy (non-hydrogen) atoms. The fraction of sp³-hybridized carbons (Fsp3) is 0.304. The molecule has 1 aliphatic carbocycles. The number of H-pyrrole nitrogens is 2. The number of amides is 2. The zero-order chi connectivity index (χ0) is 25.7. The van der Waals surface area contributed by atoms with E-state index in [1.165, 1.54) is 11.3 Å². The standard InChI is InChI=1S/C23H23N9O4S/c24-19(33)15-10-31(6-5-25-15)22(35)17-4-3-16(37-17)13-8-18(27-12-1-2-12)32-20(28-13)11(9-26-32)7-14-21(34)30-23(36)29-14/h3-4,7-9,12,15,25,34H,1-2,5-6,10H2,(H2,24,33)(H2,29,30,36)/b11-7-,27-18?. The summed E-state index contributed by atoms with van der Waals surface area (Å²) in [7, 11) is 0. The maximum Gasteiger partial charge on any atom is 0.326 e. The molecule has 1 atom stereocenters. The number of nitrogens with zero attached hydrogens (tertiary/aromatic N) is 5. The number of hydrogen-bond acceptors (Lipinski definition) is 9. The van der Waals surface area contributed by atoms with Crippen LogP contribution in [0.4, 0.5) is 0 Å². The van der Waals surface area contributed by atoms with Crippen LogP contribution in [0.15, 0.2) is 34.2 Å². The predicted molar refractivity (Wildman–Crippen MR) is 134 cm³/mol. The first-order chi connectivity index (χ1) is 17.9. The molecule has 13 nitrogen and oxygen atoms in total. The number of carbonyl (C=O) groups excluding carboxylic acids is 2. The zero-order valence-electron chi connectivity index (χ0n) is 19.5. The van der Waals surface area contributed by atoms with E-state index in [0.29, 0.717) is 40.0 Å². The van der Waals surface area contributed by atoms with E-state index in [1.54, 1.807) is 27.8 Å². The molecule has 1 unspecified atom stereocenters. The van der Waals surface area contributed by atoms with Gasteiger partial charge in [-0.3, -0.25) is 19.6 Å². The number of aromatic hydroxyl groups is 1. The van der Waals surface area contributed by atoms with Crippen LogP contribution in [-0.4, -0.2) is 78.1 Å². The summed E-state index contributed by atoms with van der Waals surface area (Å²) < 4.78 is 1.62. The number of rotatable bonds is 5. The van der Waals surface area contributed by atoms with Crippen LogP contribution in [0.2, 0.25) is 0 Å². The second kappa shape index (κ2) is 8.97. The lowest BCUT2D eigenvalue weighted by Gasteiger charge is -2.31. The molecule has 0 bridgehead atoms. The lowest BCUT2D eigenvalue weighted by molar-refractivity contribution is -0.120. The maximum atomic E-state index is 13.1. The van der Waals surface area contributed by atoms with Crippen molar-refractivity contribution < 1.29 is 14.7 Å². The third-order valence-corrected chi connectivity index (χ3v) is 7.35. The minimum atomic E-state index is -0.571. The Balaban J connectivity index is 1.40. The van der Waals surface area contributed by atoms with Gasteiger partial charge in [-0.15, -0.1) is 11.3 Å². The lowest BCUT2D eigenvalue weighted by Crippen LogP contribution is -2.57. The summed E-state index contributed by atoms with van der Waals surface area (Å²) in [4.78, 5) is 53.6. The highest BCUT2D eigenvalue weighted by Crippen LogP contribution is 2.28. The van der Waals surface area contributed by atoms with Gasteiger partial charge in [0, 0.05) is 30.9 Å². The van der Waals surface area contributed by atoms with E-state index in [9.17, 15) is 19.5 Å². The van der Waals surface area contributed by atoms with Crippen LogP contribution in [-0.2, 0) is 4.79 Å². The van der Waals surface area contributed by atoms with Crippen molar-refractivity contribution >= 4 is 34.9 Å². The number of hydrogen-bond donors (Lipinski definition) is 5. The van der Waals surface area contributed by atoms with Crippen LogP contribution in [0.3, 0.4) is 0 Å². The van der Waals surface area contributed by atoms with E-state index >= 15 is 0 Å². The second-order valence-electron chi connectivity index (χ2n) is 9.01. The normalized spacial score (nSPS) is 19.1. The number of aromatic amines is 2. The Morgan fingerprint density at radius 2 is 2.11 bits per heavy atom. The molecule has 2 aliphatic rings. The number of piperazine rings is 1. The average molecular weight is 522 g/mol. The topological polar surface area (TPSA) is 187 Å². The number of primary amides is 1. The summed E-state index contributed by atoms with van der Waals surface area (Å²) in [5, 5.41) is 18.0. The van der Waals surface area contributed by atoms with Crippen molar-refractivity contribution in [2.75, 3.05) is 19.6 Å². The van der Waals surface area contributed by atoms with Crippen molar-refractivity contribution in [1.29, 1.82) is 0 Å². The number of aromatic nitrogens is 5. The summed E-state index contributed by atoms with van der Waals surface area (Å²) >= 11 is 1.30. The number of nitrogens with one attached hydrogen (secondary N) is 3. The maximum absolute atomic E-state index is 13.1. The van der Waals surface area contributed by atoms with Gasteiger partial charge >= 0.3 is 5.69 Å². The monoisotopic (exact) mass is 521 g/mol. The van der Waals surface area contributed by atoms with Gasteiger partial charge < -0.3 is 26.0 Å². The van der Waals surface area contributed by atoms with Gasteiger partial charge in [0.1, 0.15) is 11.7 Å². The van der Waals surface area contributed by atoms with Gasteiger partial charge in [-0.2, -0.15) is 9.61 Å². The number of nitrogens with two attached hydrogens (primary N) is 1. The largest absolute Gasteiger partial charge is 0.493 e. The summed E-state index contributed by atoms with van der Waals surface area (Å²) in [6.07, 6.45) is 5.18. The van der Waals surface area contributed by atoms with E-state index in [1.807, 2.05) is 12.1 Å². The average Bonchev–Trinajstić information content (AvgIpc) is 3.25. The molecule has 0 radical (unpaired) electrons. The smallest absolute Gasteiger partial charge is 0.326 e. The molecule has 190 valence electrons. The van der Waals surface area contributed by atoms with Gasteiger partial charge in [0.2, 0.25) is 11.8 Å². The predicted octanol–water partition coefficient (Wildman–Crippen LogP) is -1.31. The summed E-state index contributed by atoms with van der Waals surface area (Å²) in [6, 6.07) is 5.08. The zero-order valence-corrected chi connectivity index (χ0v) is 20.3. The highest BCUT2D eigenvalue weighted by atomic mass is 32.1. The highest BCUT2D eigenvalue weighted by molar-refractivity contribution is 7.17. The first-order valence-corrected chi connectivity index (χ1v) is 12.5.